The lowest BCUT2D eigenvalue weighted by Crippen LogP contribution is -2.25. The Balaban J connectivity index is 1.51. The number of hydrogen-bond donors (Lipinski definition) is 2. The van der Waals surface area contributed by atoms with Crippen LogP contribution in [0.2, 0.25) is 5.02 Å². The Kier molecular flexibility index (Phi) is 6.37. The maximum absolute atomic E-state index is 14.5. The molecule has 0 spiro atoms. The number of carbonyl (C=O) groups excluding carboxylic acids is 2. The Hall–Kier alpha value is -3.39. The van der Waals surface area contributed by atoms with Crippen LogP contribution in [0.15, 0.2) is 42.6 Å². The van der Waals surface area contributed by atoms with E-state index >= 15 is 0 Å². The van der Waals surface area contributed by atoms with Crippen LogP contribution < -0.4 is 10.6 Å². The van der Waals surface area contributed by atoms with Gasteiger partial charge in [0.05, 0.1) is 16.3 Å². The number of nitrogens with one attached hydrogen (secondary N) is 2. The molecule has 1 fully saturated rings. The molecule has 1 aromatic heterocycles. The van der Waals surface area contributed by atoms with Gasteiger partial charge in [0.15, 0.2) is 0 Å². The summed E-state index contributed by atoms with van der Waals surface area (Å²) < 4.78 is 41.9. The SMILES string of the molecule is Cc1c(F)cc(C(=O)NC2CC2)cc1-c1ccc(C(=O)NCc2c(F)ccc(F)c2Cl)cn1. The molecule has 0 unspecified atom stereocenters. The molecule has 0 aliphatic heterocycles. The second-order valence-corrected chi connectivity index (χ2v) is 8.19. The van der Waals surface area contributed by atoms with Crippen molar-refractivity contribution in [3.05, 3.63) is 87.3 Å². The fraction of sp³-hybridized carbons (Fsp3) is 0.208. The summed E-state index contributed by atoms with van der Waals surface area (Å²) in [4.78, 5) is 29.0. The first-order valence-corrected chi connectivity index (χ1v) is 10.6. The second-order valence-electron chi connectivity index (χ2n) is 7.81. The van der Waals surface area contributed by atoms with Gasteiger partial charge in [0.2, 0.25) is 0 Å². The van der Waals surface area contributed by atoms with E-state index in [-0.39, 0.29) is 35.2 Å². The molecular formula is C24H19ClF3N3O2. The van der Waals surface area contributed by atoms with Crippen LogP contribution in [0, 0.1) is 24.4 Å². The van der Waals surface area contributed by atoms with Gasteiger partial charge in [-0.3, -0.25) is 14.6 Å². The van der Waals surface area contributed by atoms with Crippen LogP contribution in [0.5, 0.6) is 0 Å². The summed E-state index contributed by atoms with van der Waals surface area (Å²) in [6.07, 6.45) is 3.11. The van der Waals surface area contributed by atoms with Gasteiger partial charge in [0, 0.05) is 35.5 Å². The van der Waals surface area contributed by atoms with Crippen LogP contribution in [0.1, 0.15) is 44.7 Å². The van der Waals surface area contributed by atoms with Crippen molar-refractivity contribution in [3.63, 3.8) is 0 Å². The molecule has 1 saturated carbocycles. The standard InChI is InChI=1S/C24H19ClF3N3O2/c1-12-16(8-14(9-20(12)28)24(33)31-15-3-4-15)21-7-2-13(10-29-21)23(32)30-11-17-18(26)5-6-19(27)22(17)25/h2,5-10,15H,3-4,11H2,1H3,(H,30,32)(H,31,33). The number of halogens is 4. The van der Waals surface area contributed by atoms with Gasteiger partial charge in [-0.05, 0) is 61.7 Å². The van der Waals surface area contributed by atoms with E-state index in [0.29, 0.717) is 16.8 Å². The molecule has 5 nitrogen and oxygen atoms in total. The molecule has 9 heteroatoms. The molecule has 33 heavy (non-hydrogen) atoms. The zero-order valence-corrected chi connectivity index (χ0v) is 18.3. The number of amides is 2. The van der Waals surface area contributed by atoms with Gasteiger partial charge in [0.1, 0.15) is 17.5 Å². The molecule has 0 radical (unpaired) electrons. The molecule has 0 bridgehead atoms. The Morgan fingerprint density at radius 3 is 2.39 bits per heavy atom. The van der Waals surface area contributed by atoms with E-state index in [2.05, 4.69) is 15.6 Å². The highest BCUT2D eigenvalue weighted by molar-refractivity contribution is 6.31. The lowest BCUT2D eigenvalue weighted by atomic mass is 10.00. The van der Waals surface area contributed by atoms with Crippen LogP contribution >= 0.6 is 11.6 Å². The maximum atomic E-state index is 14.5. The smallest absolute Gasteiger partial charge is 0.253 e. The number of aromatic nitrogens is 1. The van der Waals surface area contributed by atoms with Crippen LogP contribution in [0.4, 0.5) is 13.2 Å². The van der Waals surface area contributed by atoms with E-state index in [1.165, 1.54) is 24.4 Å². The van der Waals surface area contributed by atoms with Gasteiger partial charge in [-0.2, -0.15) is 0 Å². The fourth-order valence-electron chi connectivity index (χ4n) is 3.26. The minimum absolute atomic E-state index is 0.136. The highest BCUT2D eigenvalue weighted by Crippen LogP contribution is 2.27. The Morgan fingerprint density at radius 1 is 1.00 bits per heavy atom. The maximum Gasteiger partial charge on any atom is 0.253 e. The molecule has 0 saturated heterocycles. The van der Waals surface area contributed by atoms with Crippen molar-refractivity contribution in [1.29, 1.82) is 0 Å². The minimum Gasteiger partial charge on any atom is -0.349 e. The summed E-state index contributed by atoms with van der Waals surface area (Å²) in [5, 5.41) is 4.89. The Morgan fingerprint density at radius 2 is 1.73 bits per heavy atom. The third-order valence-corrected chi connectivity index (χ3v) is 5.79. The van der Waals surface area contributed by atoms with Crippen LogP contribution in [0.25, 0.3) is 11.3 Å². The highest BCUT2D eigenvalue weighted by atomic mass is 35.5. The van der Waals surface area contributed by atoms with Crippen molar-refractivity contribution >= 4 is 23.4 Å². The summed E-state index contributed by atoms with van der Waals surface area (Å²) in [5.41, 5.74) is 1.31. The molecule has 1 heterocycles. The van der Waals surface area contributed by atoms with E-state index in [0.717, 1.165) is 25.0 Å². The molecule has 0 atom stereocenters. The predicted molar refractivity (Wildman–Crippen MR) is 117 cm³/mol. The first-order valence-electron chi connectivity index (χ1n) is 10.2. The fourth-order valence-corrected chi connectivity index (χ4v) is 3.48. The first-order chi connectivity index (χ1) is 15.7. The van der Waals surface area contributed by atoms with Gasteiger partial charge >= 0.3 is 0 Å². The number of carbonyl (C=O) groups is 2. The number of rotatable bonds is 6. The zero-order valence-electron chi connectivity index (χ0n) is 17.5. The zero-order chi connectivity index (χ0) is 23.7. The summed E-state index contributed by atoms with van der Waals surface area (Å²) in [6.45, 7) is 1.26. The van der Waals surface area contributed by atoms with E-state index in [9.17, 15) is 22.8 Å². The number of hydrogen-bond acceptors (Lipinski definition) is 3. The minimum atomic E-state index is -0.788. The molecule has 2 N–H and O–H groups in total. The molecule has 3 aromatic rings. The van der Waals surface area contributed by atoms with Crippen molar-refractivity contribution in [3.8, 4) is 11.3 Å². The monoisotopic (exact) mass is 473 g/mol. The van der Waals surface area contributed by atoms with Crippen molar-refractivity contribution < 1.29 is 22.8 Å². The van der Waals surface area contributed by atoms with Crippen molar-refractivity contribution in [2.75, 3.05) is 0 Å². The number of pyridine rings is 1. The van der Waals surface area contributed by atoms with Crippen LogP contribution in [-0.4, -0.2) is 22.8 Å². The van der Waals surface area contributed by atoms with Gasteiger partial charge in [-0.15, -0.1) is 0 Å². The largest absolute Gasteiger partial charge is 0.349 e. The molecule has 170 valence electrons. The van der Waals surface area contributed by atoms with Crippen molar-refractivity contribution in [2.24, 2.45) is 0 Å². The first kappa shape index (κ1) is 22.8. The van der Waals surface area contributed by atoms with E-state index < -0.39 is 28.4 Å². The number of nitrogens with zero attached hydrogens (tertiary/aromatic N) is 1. The summed E-state index contributed by atoms with van der Waals surface area (Å²) in [5.74, 6) is -2.99. The topological polar surface area (TPSA) is 71.1 Å². The summed E-state index contributed by atoms with van der Waals surface area (Å²) >= 11 is 5.77. The van der Waals surface area contributed by atoms with Gasteiger partial charge in [-0.25, -0.2) is 13.2 Å². The van der Waals surface area contributed by atoms with Gasteiger partial charge in [0.25, 0.3) is 11.8 Å². The summed E-state index contributed by atoms with van der Waals surface area (Å²) in [6, 6.07) is 7.71. The molecule has 2 amide bonds. The van der Waals surface area contributed by atoms with Crippen LogP contribution in [0.3, 0.4) is 0 Å². The average Bonchev–Trinajstić information content (AvgIpc) is 3.62. The van der Waals surface area contributed by atoms with E-state index in [1.54, 1.807) is 13.0 Å². The normalized spacial score (nSPS) is 13.0. The van der Waals surface area contributed by atoms with Gasteiger partial charge < -0.3 is 10.6 Å². The molecule has 2 aromatic carbocycles. The lowest BCUT2D eigenvalue weighted by Gasteiger charge is -2.11. The van der Waals surface area contributed by atoms with Crippen molar-refractivity contribution in [1.82, 2.24) is 15.6 Å². The highest BCUT2D eigenvalue weighted by Gasteiger charge is 2.25. The van der Waals surface area contributed by atoms with E-state index in [4.69, 9.17) is 11.6 Å². The van der Waals surface area contributed by atoms with Gasteiger partial charge in [-0.1, -0.05) is 11.6 Å². The van der Waals surface area contributed by atoms with Crippen molar-refractivity contribution in [2.45, 2.75) is 32.4 Å². The molecule has 1 aliphatic carbocycles. The molecular weight excluding hydrogens is 455 g/mol. The van der Waals surface area contributed by atoms with E-state index in [1.807, 2.05) is 0 Å². The predicted octanol–water partition coefficient (Wildman–Crippen LogP) is 4.95. The third-order valence-electron chi connectivity index (χ3n) is 5.39. The second kappa shape index (κ2) is 9.23. The van der Waals surface area contributed by atoms with Crippen LogP contribution in [-0.2, 0) is 6.54 Å². The molecule has 1 aliphatic rings. The summed E-state index contributed by atoms with van der Waals surface area (Å²) in [7, 11) is 0. The third kappa shape index (κ3) is 5.01. The lowest BCUT2D eigenvalue weighted by molar-refractivity contribution is 0.0942. The molecule has 4 rings (SSSR count). The quantitative estimate of drug-likeness (QED) is 0.498. The Labute approximate surface area is 193 Å². The average molecular weight is 474 g/mol. The Bertz CT molecular complexity index is 1240. The number of benzene rings is 2.